The highest BCUT2D eigenvalue weighted by Crippen LogP contribution is 2.62. The van der Waals surface area contributed by atoms with Crippen LogP contribution < -0.4 is 0 Å². The molecule has 0 aliphatic heterocycles. The Morgan fingerprint density at radius 2 is 1.75 bits per heavy atom. The summed E-state index contributed by atoms with van der Waals surface area (Å²) in [4.78, 5) is 0. The molecule has 2 nitrogen and oxygen atoms in total. The van der Waals surface area contributed by atoms with Crippen molar-refractivity contribution in [3.8, 4) is 0 Å². The first kappa shape index (κ1) is 8.52. The molecule has 3 rings (SSSR count). The average Bonchev–Trinajstić information content (AvgIpc) is 1.93. The maximum absolute atomic E-state index is 10.0. The van der Waals surface area contributed by atoms with Gasteiger partial charge >= 0.3 is 0 Å². The van der Waals surface area contributed by atoms with Crippen molar-refractivity contribution in [2.75, 3.05) is 0 Å². The molecule has 3 saturated carbocycles. The minimum Gasteiger partial charge on any atom is -0.390 e. The molecule has 0 amide bonds. The summed E-state index contributed by atoms with van der Waals surface area (Å²) in [6.07, 6.45) is 1.36. The van der Waals surface area contributed by atoms with Gasteiger partial charge in [0.1, 0.15) is 0 Å². The van der Waals surface area contributed by atoms with E-state index in [1.165, 1.54) is 0 Å². The normalized spacial score (nSPS) is 56.2. The Morgan fingerprint density at radius 1 is 1.17 bits per heavy atom. The van der Waals surface area contributed by atoms with E-state index in [1.54, 1.807) is 6.92 Å². The van der Waals surface area contributed by atoms with Crippen LogP contribution in [-0.4, -0.2) is 21.9 Å². The lowest BCUT2D eigenvalue weighted by Crippen LogP contribution is -2.66. The molecule has 70 valence electrons. The minimum atomic E-state index is -0.849. The summed E-state index contributed by atoms with van der Waals surface area (Å²) in [6.45, 7) is 6.18. The van der Waals surface area contributed by atoms with E-state index in [-0.39, 0.29) is 5.41 Å². The van der Waals surface area contributed by atoms with Gasteiger partial charge in [0.2, 0.25) is 0 Å². The number of hydrogen-bond acceptors (Lipinski definition) is 2. The molecule has 0 saturated heterocycles. The van der Waals surface area contributed by atoms with Crippen LogP contribution in [0, 0.1) is 17.3 Å². The topological polar surface area (TPSA) is 40.5 Å². The summed E-state index contributed by atoms with van der Waals surface area (Å²) < 4.78 is 0. The van der Waals surface area contributed by atoms with E-state index in [4.69, 9.17) is 0 Å². The molecular formula is C10H18O2. The Bertz CT molecular complexity index is 208. The number of fused-ring (bicyclic) bond motifs is 2. The second-order valence-corrected chi connectivity index (χ2v) is 5.28. The van der Waals surface area contributed by atoms with E-state index in [2.05, 4.69) is 13.8 Å². The largest absolute Gasteiger partial charge is 0.390 e. The van der Waals surface area contributed by atoms with Gasteiger partial charge in [0.25, 0.3) is 0 Å². The summed E-state index contributed by atoms with van der Waals surface area (Å²) in [7, 11) is 0. The summed E-state index contributed by atoms with van der Waals surface area (Å²) in [5, 5.41) is 19.7. The molecule has 0 aromatic heterocycles. The molecule has 3 aliphatic rings. The van der Waals surface area contributed by atoms with Crippen molar-refractivity contribution >= 4 is 0 Å². The van der Waals surface area contributed by atoms with Gasteiger partial charge < -0.3 is 10.2 Å². The molecule has 2 N–H and O–H groups in total. The van der Waals surface area contributed by atoms with Gasteiger partial charge in [0, 0.05) is 0 Å². The summed E-state index contributed by atoms with van der Waals surface area (Å²) >= 11 is 0. The highest BCUT2D eigenvalue weighted by Gasteiger charge is 2.62. The maximum Gasteiger partial charge on any atom is 0.0910 e. The first-order valence-corrected chi connectivity index (χ1v) is 4.77. The molecule has 2 heteroatoms. The highest BCUT2D eigenvalue weighted by atomic mass is 16.3. The molecule has 3 fully saturated rings. The number of aliphatic hydroxyl groups is 2. The van der Waals surface area contributed by atoms with E-state index in [9.17, 15) is 10.2 Å². The predicted molar refractivity (Wildman–Crippen MR) is 46.6 cm³/mol. The van der Waals surface area contributed by atoms with Crippen LogP contribution in [0.15, 0.2) is 0 Å². The second kappa shape index (κ2) is 2.05. The number of hydrogen-bond donors (Lipinski definition) is 2. The van der Waals surface area contributed by atoms with E-state index in [0.29, 0.717) is 11.8 Å². The van der Waals surface area contributed by atoms with Crippen LogP contribution in [0.2, 0.25) is 0 Å². The third-order valence-electron chi connectivity index (χ3n) is 4.36. The standard InChI is InChI=1S/C10H18O2/c1-9(2)6-4-7(9)10(3,12)8(11)5-6/h6-8,11-12H,4-5H2,1-3H3/t6-,7+,8-,10+/m1/s1. The van der Waals surface area contributed by atoms with Crippen LogP contribution in [0.4, 0.5) is 0 Å². The van der Waals surface area contributed by atoms with Crippen molar-refractivity contribution in [2.24, 2.45) is 17.3 Å². The van der Waals surface area contributed by atoms with Gasteiger partial charge in [-0.15, -0.1) is 0 Å². The Morgan fingerprint density at radius 3 is 2.08 bits per heavy atom. The molecule has 0 spiro atoms. The van der Waals surface area contributed by atoms with E-state index in [1.807, 2.05) is 0 Å². The SMILES string of the molecule is CC1(C)[C@H]2C[C@@H](O)[C@@](C)(O)[C@H]1C2. The van der Waals surface area contributed by atoms with Crippen LogP contribution in [-0.2, 0) is 0 Å². The molecule has 0 heterocycles. The van der Waals surface area contributed by atoms with E-state index in [0.717, 1.165) is 12.8 Å². The molecule has 2 bridgehead atoms. The van der Waals surface area contributed by atoms with Crippen LogP contribution in [0.25, 0.3) is 0 Å². The maximum atomic E-state index is 10.0. The minimum absolute atomic E-state index is 0.239. The second-order valence-electron chi connectivity index (χ2n) is 5.28. The van der Waals surface area contributed by atoms with Gasteiger partial charge in [-0.25, -0.2) is 0 Å². The smallest absolute Gasteiger partial charge is 0.0910 e. The zero-order valence-corrected chi connectivity index (χ0v) is 8.04. The first-order valence-electron chi connectivity index (χ1n) is 4.77. The van der Waals surface area contributed by atoms with Crippen LogP contribution in [0.5, 0.6) is 0 Å². The molecule has 0 aromatic rings. The fourth-order valence-corrected chi connectivity index (χ4v) is 3.15. The van der Waals surface area contributed by atoms with E-state index < -0.39 is 11.7 Å². The molecule has 0 unspecified atom stereocenters. The lowest BCUT2D eigenvalue weighted by Gasteiger charge is -2.64. The van der Waals surface area contributed by atoms with E-state index >= 15 is 0 Å². The van der Waals surface area contributed by atoms with Gasteiger partial charge in [-0.2, -0.15) is 0 Å². The Kier molecular flexibility index (Phi) is 1.45. The summed E-state index contributed by atoms with van der Waals surface area (Å²) in [5.41, 5.74) is -0.610. The van der Waals surface area contributed by atoms with Crippen LogP contribution in [0.3, 0.4) is 0 Å². The fourth-order valence-electron chi connectivity index (χ4n) is 3.15. The van der Waals surface area contributed by atoms with Gasteiger partial charge in [-0.1, -0.05) is 13.8 Å². The molecule has 0 radical (unpaired) electrons. The molecule has 12 heavy (non-hydrogen) atoms. The first-order chi connectivity index (χ1) is 5.37. The fraction of sp³-hybridized carbons (Fsp3) is 1.00. The van der Waals surface area contributed by atoms with Gasteiger partial charge in [-0.3, -0.25) is 0 Å². The summed E-state index contributed by atoms with van der Waals surface area (Å²) in [6, 6.07) is 0. The summed E-state index contributed by atoms with van der Waals surface area (Å²) in [5.74, 6) is 0.913. The average molecular weight is 170 g/mol. The van der Waals surface area contributed by atoms with Crippen molar-refractivity contribution in [2.45, 2.75) is 45.3 Å². The van der Waals surface area contributed by atoms with Crippen molar-refractivity contribution in [1.29, 1.82) is 0 Å². The van der Waals surface area contributed by atoms with Crippen LogP contribution in [0.1, 0.15) is 33.6 Å². The Labute approximate surface area is 73.6 Å². The number of aliphatic hydroxyl groups excluding tert-OH is 1. The molecule has 3 aliphatic carbocycles. The quantitative estimate of drug-likeness (QED) is 0.573. The van der Waals surface area contributed by atoms with Crippen LogP contribution >= 0.6 is 0 Å². The van der Waals surface area contributed by atoms with Crippen molar-refractivity contribution in [3.05, 3.63) is 0 Å². The third kappa shape index (κ3) is 0.775. The van der Waals surface area contributed by atoms with Crippen molar-refractivity contribution < 1.29 is 10.2 Å². The predicted octanol–water partition coefficient (Wildman–Crippen LogP) is 1.16. The Balaban J connectivity index is 2.27. The monoisotopic (exact) mass is 170 g/mol. The van der Waals surface area contributed by atoms with Gasteiger partial charge in [0.05, 0.1) is 11.7 Å². The Hall–Kier alpha value is -0.0800. The van der Waals surface area contributed by atoms with Crippen molar-refractivity contribution in [3.63, 3.8) is 0 Å². The third-order valence-corrected chi connectivity index (χ3v) is 4.36. The van der Waals surface area contributed by atoms with Gasteiger partial charge in [0.15, 0.2) is 0 Å². The zero-order chi connectivity index (χ0) is 9.15. The zero-order valence-electron chi connectivity index (χ0n) is 8.04. The lowest BCUT2D eigenvalue weighted by atomic mass is 9.43. The number of rotatable bonds is 0. The van der Waals surface area contributed by atoms with Crippen molar-refractivity contribution in [1.82, 2.24) is 0 Å². The molecular weight excluding hydrogens is 152 g/mol. The van der Waals surface area contributed by atoms with Gasteiger partial charge in [-0.05, 0) is 37.0 Å². The molecule has 4 atom stereocenters. The molecule has 0 aromatic carbocycles. The lowest BCUT2D eigenvalue weighted by molar-refractivity contribution is -0.245. The highest BCUT2D eigenvalue weighted by molar-refractivity contribution is 5.12.